The number of aromatic nitrogens is 2. The Morgan fingerprint density at radius 3 is 2.47 bits per heavy atom. The van der Waals surface area contributed by atoms with E-state index in [1.165, 1.54) is 11.3 Å². The molecule has 2 rings (SSSR count). The van der Waals surface area contributed by atoms with Gasteiger partial charge in [0.2, 0.25) is 0 Å². The Balaban J connectivity index is 1.94. The maximum Gasteiger partial charge on any atom is 0.0628 e. The van der Waals surface area contributed by atoms with Gasteiger partial charge in [-0.2, -0.15) is 5.10 Å². The zero-order valence-corrected chi connectivity index (χ0v) is 12.5. The van der Waals surface area contributed by atoms with Crippen LogP contribution in [0.3, 0.4) is 0 Å². The standard InChI is InChI=1S/C15H20ClN3/c1-4-15-11(2)18-19(12(15)3)10-9-17-14-7-5-13(16)6-8-14/h5-8,17H,4,9-10H2,1-3H3. The number of nitrogens with one attached hydrogen (secondary N) is 1. The number of halogens is 1. The summed E-state index contributed by atoms with van der Waals surface area (Å²) in [5.41, 5.74) is 4.87. The van der Waals surface area contributed by atoms with E-state index in [0.717, 1.165) is 35.9 Å². The summed E-state index contributed by atoms with van der Waals surface area (Å²) in [7, 11) is 0. The Bertz CT molecular complexity index is 543. The summed E-state index contributed by atoms with van der Waals surface area (Å²) in [6.45, 7) is 8.12. The monoisotopic (exact) mass is 277 g/mol. The van der Waals surface area contributed by atoms with Crippen LogP contribution in [0, 0.1) is 13.8 Å². The lowest BCUT2D eigenvalue weighted by atomic mass is 10.1. The summed E-state index contributed by atoms with van der Waals surface area (Å²) in [4.78, 5) is 0. The van der Waals surface area contributed by atoms with E-state index in [1.54, 1.807) is 0 Å². The van der Waals surface area contributed by atoms with E-state index in [-0.39, 0.29) is 0 Å². The number of rotatable bonds is 5. The first kappa shape index (κ1) is 13.9. The van der Waals surface area contributed by atoms with Crippen molar-refractivity contribution in [2.75, 3.05) is 11.9 Å². The number of aryl methyl sites for hydroxylation is 1. The molecule has 0 bridgehead atoms. The maximum absolute atomic E-state index is 5.86. The van der Waals surface area contributed by atoms with Gasteiger partial charge < -0.3 is 5.32 Å². The van der Waals surface area contributed by atoms with Crippen LogP contribution in [-0.2, 0) is 13.0 Å². The molecule has 0 saturated carbocycles. The van der Waals surface area contributed by atoms with E-state index in [0.29, 0.717) is 0 Å². The third-order valence-electron chi connectivity index (χ3n) is 3.38. The Morgan fingerprint density at radius 2 is 1.89 bits per heavy atom. The molecule has 0 atom stereocenters. The third-order valence-corrected chi connectivity index (χ3v) is 3.63. The van der Waals surface area contributed by atoms with Crippen molar-refractivity contribution >= 4 is 17.3 Å². The average molecular weight is 278 g/mol. The molecule has 19 heavy (non-hydrogen) atoms. The Labute approximate surface area is 119 Å². The van der Waals surface area contributed by atoms with E-state index in [4.69, 9.17) is 11.6 Å². The van der Waals surface area contributed by atoms with Gasteiger partial charge in [0.1, 0.15) is 0 Å². The first-order valence-electron chi connectivity index (χ1n) is 6.64. The number of anilines is 1. The molecule has 0 radical (unpaired) electrons. The largest absolute Gasteiger partial charge is 0.383 e. The normalized spacial score (nSPS) is 10.7. The molecule has 0 aliphatic heterocycles. The molecular formula is C15H20ClN3. The van der Waals surface area contributed by atoms with Crippen LogP contribution >= 0.6 is 11.6 Å². The molecule has 0 saturated heterocycles. The minimum absolute atomic E-state index is 0.761. The highest BCUT2D eigenvalue weighted by Gasteiger charge is 2.08. The molecule has 1 aromatic heterocycles. The summed E-state index contributed by atoms with van der Waals surface area (Å²) in [5.74, 6) is 0. The predicted octanol–water partition coefficient (Wildman–Crippen LogP) is 3.83. The lowest BCUT2D eigenvalue weighted by molar-refractivity contribution is 0.614. The van der Waals surface area contributed by atoms with E-state index in [2.05, 4.69) is 35.9 Å². The van der Waals surface area contributed by atoms with E-state index in [1.807, 2.05) is 24.3 Å². The van der Waals surface area contributed by atoms with Crippen molar-refractivity contribution in [1.29, 1.82) is 0 Å². The van der Waals surface area contributed by atoms with Gasteiger partial charge in [-0.3, -0.25) is 4.68 Å². The van der Waals surface area contributed by atoms with Gasteiger partial charge in [-0.25, -0.2) is 0 Å². The fourth-order valence-corrected chi connectivity index (χ4v) is 2.46. The SMILES string of the molecule is CCc1c(C)nn(CCNc2ccc(Cl)cc2)c1C. The summed E-state index contributed by atoms with van der Waals surface area (Å²) in [6, 6.07) is 7.76. The van der Waals surface area contributed by atoms with Crippen LogP contribution in [0.4, 0.5) is 5.69 Å². The van der Waals surface area contributed by atoms with E-state index in [9.17, 15) is 0 Å². The lowest BCUT2D eigenvalue weighted by Gasteiger charge is -2.08. The Hall–Kier alpha value is -1.48. The van der Waals surface area contributed by atoms with Crippen LogP contribution in [0.5, 0.6) is 0 Å². The molecule has 0 aliphatic carbocycles. The van der Waals surface area contributed by atoms with Gasteiger partial charge in [0.15, 0.2) is 0 Å². The van der Waals surface area contributed by atoms with Crippen LogP contribution in [0.1, 0.15) is 23.9 Å². The molecule has 3 nitrogen and oxygen atoms in total. The van der Waals surface area contributed by atoms with Crippen LogP contribution in [0.15, 0.2) is 24.3 Å². The second-order valence-electron chi connectivity index (χ2n) is 4.66. The topological polar surface area (TPSA) is 29.9 Å². The molecule has 0 amide bonds. The molecule has 0 fully saturated rings. The second kappa shape index (κ2) is 6.11. The summed E-state index contributed by atoms with van der Waals surface area (Å²) < 4.78 is 2.08. The van der Waals surface area contributed by atoms with Crippen LogP contribution in [-0.4, -0.2) is 16.3 Å². The van der Waals surface area contributed by atoms with Gasteiger partial charge in [0.25, 0.3) is 0 Å². The molecule has 4 heteroatoms. The molecule has 2 aromatic rings. The molecule has 1 heterocycles. The fraction of sp³-hybridized carbons (Fsp3) is 0.400. The first-order valence-corrected chi connectivity index (χ1v) is 7.02. The van der Waals surface area contributed by atoms with Crippen molar-refractivity contribution < 1.29 is 0 Å². The Kier molecular flexibility index (Phi) is 4.48. The number of hydrogen-bond donors (Lipinski definition) is 1. The van der Waals surface area contributed by atoms with Crippen molar-refractivity contribution in [3.8, 4) is 0 Å². The quantitative estimate of drug-likeness (QED) is 0.900. The van der Waals surface area contributed by atoms with Gasteiger partial charge >= 0.3 is 0 Å². The van der Waals surface area contributed by atoms with E-state index >= 15 is 0 Å². The maximum atomic E-state index is 5.86. The zero-order valence-electron chi connectivity index (χ0n) is 11.7. The Morgan fingerprint density at radius 1 is 1.21 bits per heavy atom. The molecule has 1 N–H and O–H groups in total. The van der Waals surface area contributed by atoms with Gasteiger partial charge in [-0.05, 0) is 50.1 Å². The van der Waals surface area contributed by atoms with Gasteiger partial charge in [0, 0.05) is 22.9 Å². The van der Waals surface area contributed by atoms with E-state index < -0.39 is 0 Å². The highest BCUT2D eigenvalue weighted by molar-refractivity contribution is 6.30. The predicted molar refractivity (Wildman–Crippen MR) is 81.0 cm³/mol. The number of hydrogen-bond acceptors (Lipinski definition) is 2. The van der Waals surface area contributed by atoms with Crippen LogP contribution in [0.25, 0.3) is 0 Å². The average Bonchev–Trinajstić information content (AvgIpc) is 2.66. The van der Waals surface area contributed by atoms with Crippen LogP contribution < -0.4 is 5.32 Å². The number of benzene rings is 1. The van der Waals surface area contributed by atoms with Gasteiger partial charge in [-0.15, -0.1) is 0 Å². The summed E-state index contributed by atoms with van der Waals surface area (Å²) >= 11 is 5.86. The number of nitrogens with zero attached hydrogens (tertiary/aromatic N) is 2. The van der Waals surface area contributed by atoms with Crippen molar-refractivity contribution in [1.82, 2.24) is 9.78 Å². The smallest absolute Gasteiger partial charge is 0.0628 e. The van der Waals surface area contributed by atoms with Gasteiger partial charge in [-0.1, -0.05) is 18.5 Å². The highest BCUT2D eigenvalue weighted by Crippen LogP contribution is 2.15. The molecular weight excluding hydrogens is 258 g/mol. The minimum atomic E-state index is 0.761. The van der Waals surface area contributed by atoms with Crippen LogP contribution in [0.2, 0.25) is 5.02 Å². The van der Waals surface area contributed by atoms with Gasteiger partial charge in [0.05, 0.1) is 12.2 Å². The molecule has 102 valence electrons. The minimum Gasteiger partial charge on any atom is -0.383 e. The molecule has 0 unspecified atom stereocenters. The highest BCUT2D eigenvalue weighted by atomic mass is 35.5. The first-order chi connectivity index (χ1) is 9.11. The van der Waals surface area contributed by atoms with Crippen molar-refractivity contribution in [3.63, 3.8) is 0 Å². The summed E-state index contributed by atoms with van der Waals surface area (Å²) in [6.07, 6.45) is 1.04. The third kappa shape index (κ3) is 3.29. The van der Waals surface area contributed by atoms with Crippen molar-refractivity contribution in [2.45, 2.75) is 33.7 Å². The molecule has 1 aromatic carbocycles. The lowest BCUT2D eigenvalue weighted by Crippen LogP contribution is -2.12. The fourth-order valence-electron chi connectivity index (χ4n) is 2.34. The van der Waals surface area contributed by atoms with Crippen molar-refractivity contribution in [3.05, 3.63) is 46.2 Å². The molecule has 0 aliphatic rings. The second-order valence-corrected chi connectivity index (χ2v) is 5.10. The van der Waals surface area contributed by atoms with Crippen molar-refractivity contribution in [2.24, 2.45) is 0 Å². The summed E-state index contributed by atoms with van der Waals surface area (Å²) in [5, 5.41) is 8.72. The zero-order chi connectivity index (χ0) is 13.8. The molecule has 0 spiro atoms.